The van der Waals surface area contributed by atoms with Gasteiger partial charge in [0.1, 0.15) is 0 Å². The van der Waals surface area contributed by atoms with Crippen molar-refractivity contribution in [3.63, 3.8) is 0 Å². The van der Waals surface area contributed by atoms with E-state index in [0.29, 0.717) is 0 Å². The Kier molecular flexibility index (Phi) is 7.72. The van der Waals surface area contributed by atoms with E-state index in [9.17, 15) is 9.59 Å². The van der Waals surface area contributed by atoms with Crippen molar-refractivity contribution in [3.8, 4) is 0 Å². The third-order valence-corrected chi connectivity index (χ3v) is 1.05. The van der Waals surface area contributed by atoms with E-state index < -0.39 is 11.9 Å². The van der Waals surface area contributed by atoms with E-state index >= 15 is 0 Å². The van der Waals surface area contributed by atoms with Crippen LogP contribution in [0.2, 0.25) is 0 Å². The molecule has 0 spiro atoms. The Labute approximate surface area is 80.1 Å². The molecule has 4 nitrogen and oxygen atoms in total. The quantitative estimate of drug-likeness (QED) is 0.719. The van der Waals surface area contributed by atoms with Gasteiger partial charge >= 0.3 is 11.9 Å². The zero-order valence-electron chi connectivity index (χ0n) is 6.00. The van der Waals surface area contributed by atoms with Crippen LogP contribution in [0.15, 0.2) is 0 Å². The molecule has 0 aromatic rings. The molecule has 0 aromatic carbocycles. The number of hydrogen-bond acceptors (Lipinski definition) is 2. The first kappa shape index (κ1) is 13.3. The van der Waals surface area contributed by atoms with Gasteiger partial charge in [0, 0.05) is 35.2 Å². The Morgan fingerprint density at radius 3 is 1.64 bits per heavy atom. The van der Waals surface area contributed by atoms with E-state index in [4.69, 9.17) is 10.2 Å². The van der Waals surface area contributed by atoms with Crippen LogP contribution in [-0.4, -0.2) is 22.2 Å². The summed E-state index contributed by atoms with van der Waals surface area (Å²) in [5.41, 5.74) is 0. The summed E-state index contributed by atoms with van der Waals surface area (Å²) in [5, 5.41) is 16.4. The molecule has 0 aliphatic heterocycles. The fourth-order valence-electron chi connectivity index (χ4n) is 0.668. The summed E-state index contributed by atoms with van der Waals surface area (Å²) in [6, 6.07) is 0. The minimum atomic E-state index is -0.950. The van der Waals surface area contributed by atoms with E-state index in [1.54, 1.807) is 6.92 Å². The molecule has 0 saturated heterocycles. The van der Waals surface area contributed by atoms with Crippen molar-refractivity contribution < 1.29 is 42.2 Å². The standard InChI is InChI=1S/C6H10O4.Ag/c1-4(2-5(7)8)3-6(9)10;/h4H,2-3H2,1H3,(H,7,8)(H,9,10);. The molecule has 2 N–H and O–H groups in total. The van der Waals surface area contributed by atoms with Crippen molar-refractivity contribution in [1.82, 2.24) is 0 Å². The van der Waals surface area contributed by atoms with Gasteiger partial charge in [-0.25, -0.2) is 0 Å². The second-order valence-corrected chi connectivity index (χ2v) is 2.30. The van der Waals surface area contributed by atoms with Crippen LogP contribution in [0, 0.1) is 5.92 Å². The first-order chi connectivity index (χ1) is 4.52. The Hall–Kier alpha value is -0.320. The summed E-state index contributed by atoms with van der Waals surface area (Å²) in [5.74, 6) is -2.18. The summed E-state index contributed by atoms with van der Waals surface area (Å²) >= 11 is 0. The van der Waals surface area contributed by atoms with Crippen LogP contribution in [0.4, 0.5) is 0 Å². The van der Waals surface area contributed by atoms with Gasteiger partial charge in [0.25, 0.3) is 0 Å². The number of carboxylic acid groups (broad SMARTS) is 2. The number of rotatable bonds is 4. The topological polar surface area (TPSA) is 74.6 Å². The molecule has 11 heavy (non-hydrogen) atoms. The molecule has 0 aliphatic carbocycles. The molecule has 0 amide bonds. The van der Waals surface area contributed by atoms with Gasteiger partial charge in [-0.3, -0.25) is 9.59 Å². The van der Waals surface area contributed by atoms with Crippen LogP contribution < -0.4 is 0 Å². The van der Waals surface area contributed by atoms with Crippen LogP contribution in [0.5, 0.6) is 0 Å². The molecular weight excluding hydrogens is 244 g/mol. The fraction of sp³-hybridized carbons (Fsp3) is 0.667. The van der Waals surface area contributed by atoms with Crippen molar-refractivity contribution >= 4 is 11.9 Å². The molecule has 5 heteroatoms. The zero-order chi connectivity index (χ0) is 8.15. The van der Waals surface area contributed by atoms with E-state index in [-0.39, 0.29) is 41.1 Å². The first-order valence-corrected chi connectivity index (χ1v) is 2.96. The zero-order valence-corrected chi connectivity index (χ0v) is 7.49. The smallest absolute Gasteiger partial charge is 0.303 e. The average Bonchev–Trinajstić information content (AvgIpc) is 1.58. The summed E-state index contributed by atoms with van der Waals surface area (Å²) in [4.78, 5) is 20.0. The monoisotopic (exact) mass is 253 g/mol. The van der Waals surface area contributed by atoms with Crippen molar-refractivity contribution in [1.29, 1.82) is 0 Å². The number of carboxylic acids is 2. The molecule has 0 atom stereocenters. The van der Waals surface area contributed by atoms with Crippen LogP contribution in [0.3, 0.4) is 0 Å². The molecule has 0 aliphatic rings. The molecule has 0 bridgehead atoms. The van der Waals surface area contributed by atoms with Crippen molar-refractivity contribution in [2.45, 2.75) is 19.8 Å². The van der Waals surface area contributed by atoms with Gasteiger partial charge < -0.3 is 10.2 Å². The summed E-state index contributed by atoms with van der Waals surface area (Å²) in [6.07, 6.45) is -0.154. The predicted octanol–water partition coefficient (Wildman–Crippen LogP) is 0.569. The number of hydrogen-bond donors (Lipinski definition) is 2. The van der Waals surface area contributed by atoms with E-state index in [1.165, 1.54) is 0 Å². The van der Waals surface area contributed by atoms with E-state index in [2.05, 4.69) is 0 Å². The Morgan fingerprint density at radius 2 is 1.45 bits per heavy atom. The Balaban J connectivity index is 0. The maximum absolute atomic E-state index is 10.00. The Morgan fingerprint density at radius 1 is 1.18 bits per heavy atom. The van der Waals surface area contributed by atoms with Gasteiger partial charge in [-0.1, -0.05) is 6.92 Å². The largest absolute Gasteiger partial charge is 0.481 e. The molecule has 69 valence electrons. The SMILES string of the molecule is CC(CC(=O)O)CC(=O)O.[Ag]. The molecule has 0 rings (SSSR count). The van der Waals surface area contributed by atoms with Crippen molar-refractivity contribution in [2.75, 3.05) is 0 Å². The minimum absolute atomic E-state index is 0. The fourth-order valence-corrected chi connectivity index (χ4v) is 0.668. The van der Waals surface area contributed by atoms with Gasteiger partial charge in [-0.05, 0) is 5.92 Å². The second kappa shape index (κ2) is 6.39. The molecule has 0 aromatic heterocycles. The van der Waals surface area contributed by atoms with Crippen LogP contribution >= 0.6 is 0 Å². The average molecular weight is 254 g/mol. The van der Waals surface area contributed by atoms with Crippen molar-refractivity contribution in [2.24, 2.45) is 5.92 Å². The summed E-state index contributed by atoms with van der Waals surface area (Å²) < 4.78 is 0. The maximum Gasteiger partial charge on any atom is 0.303 e. The third kappa shape index (κ3) is 9.68. The summed E-state index contributed by atoms with van der Waals surface area (Å²) in [6.45, 7) is 1.60. The van der Waals surface area contributed by atoms with Crippen molar-refractivity contribution in [3.05, 3.63) is 0 Å². The van der Waals surface area contributed by atoms with Gasteiger partial charge in [-0.15, -0.1) is 0 Å². The molecule has 0 saturated carbocycles. The van der Waals surface area contributed by atoms with Gasteiger partial charge in [0.2, 0.25) is 0 Å². The molecule has 1 radical (unpaired) electrons. The van der Waals surface area contributed by atoms with Crippen LogP contribution in [0.25, 0.3) is 0 Å². The predicted molar refractivity (Wildman–Crippen MR) is 33.7 cm³/mol. The second-order valence-electron chi connectivity index (χ2n) is 2.30. The molecule has 0 fully saturated rings. The maximum atomic E-state index is 10.00. The van der Waals surface area contributed by atoms with Gasteiger partial charge in [0.15, 0.2) is 0 Å². The molecular formula is C6H10AgO4. The van der Waals surface area contributed by atoms with E-state index in [0.717, 1.165) is 0 Å². The van der Waals surface area contributed by atoms with Gasteiger partial charge in [-0.2, -0.15) is 0 Å². The number of carbonyl (C=O) groups is 2. The van der Waals surface area contributed by atoms with Crippen LogP contribution in [-0.2, 0) is 32.0 Å². The van der Waals surface area contributed by atoms with Crippen LogP contribution in [0.1, 0.15) is 19.8 Å². The summed E-state index contributed by atoms with van der Waals surface area (Å²) in [7, 11) is 0. The van der Waals surface area contributed by atoms with Gasteiger partial charge in [0.05, 0.1) is 0 Å². The third-order valence-electron chi connectivity index (χ3n) is 1.05. The number of aliphatic carboxylic acids is 2. The van der Waals surface area contributed by atoms with E-state index in [1.807, 2.05) is 0 Å². The minimum Gasteiger partial charge on any atom is -0.481 e. The molecule has 0 heterocycles. The normalized spacial score (nSPS) is 8.91. The Bertz CT molecular complexity index is 130. The molecule has 0 unspecified atom stereocenters. The first-order valence-electron chi connectivity index (χ1n) is 2.96.